The number of nitrogens with zero attached hydrogens (tertiary/aromatic N) is 2. The van der Waals surface area contributed by atoms with Crippen molar-refractivity contribution in [2.75, 3.05) is 7.11 Å². The SMILES string of the molecule is COc1ccc(CN=Cc2cc(C)n(-c3ccc(C(=O)O)c(Cl)c3)c2C)cc1. The average molecular weight is 397 g/mol. The van der Waals surface area contributed by atoms with Crippen molar-refractivity contribution in [2.24, 2.45) is 4.99 Å². The van der Waals surface area contributed by atoms with Gasteiger partial charge in [-0.25, -0.2) is 4.79 Å². The van der Waals surface area contributed by atoms with Crippen molar-refractivity contribution in [3.05, 3.63) is 81.6 Å². The number of carboxylic acid groups (broad SMARTS) is 1. The van der Waals surface area contributed by atoms with Crippen LogP contribution in [0.2, 0.25) is 5.02 Å². The molecule has 144 valence electrons. The lowest BCUT2D eigenvalue weighted by Crippen LogP contribution is -2.02. The van der Waals surface area contributed by atoms with Crippen LogP contribution in [0.25, 0.3) is 5.69 Å². The number of aromatic nitrogens is 1. The third-order valence-corrected chi connectivity index (χ3v) is 4.89. The lowest BCUT2D eigenvalue weighted by atomic mass is 10.2. The number of rotatable bonds is 6. The molecule has 0 aliphatic rings. The average Bonchev–Trinajstić information content (AvgIpc) is 2.95. The van der Waals surface area contributed by atoms with E-state index in [1.54, 1.807) is 19.2 Å². The van der Waals surface area contributed by atoms with Crippen molar-refractivity contribution in [2.45, 2.75) is 20.4 Å². The minimum absolute atomic E-state index is 0.0918. The molecule has 1 aromatic heterocycles. The number of ether oxygens (including phenoxy) is 1. The fraction of sp³-hybridized carbons (Fsp3) is 0.182. The monoisotopic (exact) mass is 396 g/mol. The fourth-order valence-electron chi connectivity index (χ4n) is 3.11. The third kappa shape index (κ3) is 4.10. The van der Waals surface area contributed by atoms with Gasteiger partial charge in [0.25, 0.3) is 0 Å². The Balaban J connectivity index is 1.83. The number of halogens is 1. The van der Waals surface area contributed by atoms with E-state index in [9.17, 15) is 4.79 Å². The highest BCUT2D eigenvalue weighted by atomic mass is 35.5. The van der Waals surface area contributed by atoms with Crippen LogP contribution in [0.3, 0.4) is 0 Å². The molecule has 0 spiro atoms. The molecule has 0 saturated heterocycles. The number of hydrogen-bond donors (Lipinski definition) is 1. The molecule has 5 nitrogen and oxygen atoms in total. The van der Waals surface area contributed by atoms with E-state index in [-0.39, 0.29) is 10.6 Å². The quantitative estimate of drug-likeness (QED) is 0.591. The number of methoxy groups -OCH3 is 1. The second kappa shape index (κ2) is 8.31. The Bertz CT molecular complexity index is 1040. The van der Waals surface area contributed by atoms with Gasteiger partial charge in [-0.15, -0.1) is 0 Å². The molecule has 0 saturated carbocycles. The predicted molar refractivity (Wildman–Crippen MR) is 112 cm³/mol. The van der Waals surface area contributed by atoms with Gasteiger partial charge in [-0.1, -0.05) is 23.7 Å². The lowest BCUT2D eigenvalue weighted by Gasteiger charge is -2.11. The number of aromatic carboxylic acids is 1. The molecule has 0 radical (unpaired) electrons. The molecule has 3 rings (SSSR count). The normalized spacial score (nSPS) is 11.1. The van der Waals surface area contributed by atoms with Crippen LogP contribution in [0.4, 0.5) is 0 Å². The Hall–Kier alpha value is -3.05. The summed E-state index contributed by atoms with van der Waals surface area (Å²) in [6.07, 6.45) is 1.86. The number of benzene rings is 2. The Labute approximate surface area is 168 Å². The largest absolute Gasteiger partial charge is 0.497 e. The molecule has 0 unspecified atom stereocenters. The van der Waals surface area contributed by atoms with Gasteiger partial charge in [0, 0.05) is 28.9 Å². The second-order valence-corrected chi connectivity index (χ2v) is 6.86. The van der Waals surface area contributed by atoms with Crippen LogP contribution in [0.15, 0.2) is 53.5 Å². The van der Waals surface area contributed by atoms with Gasteiger partial charge in [-0.3, -0.25) is 4.99 Å². The number of carbonyl (C=O) groups is 1. The van der Waals surface area contributed by atoms with Crippen LogP contribution in [-0.2, 0) is 6.54 Å². The minimum atomic E-state index is -1.04. The maximum absolute atomic E-state index is 11.2. The highest BCUT2D eigenvalue weighted by molar-refractivity contribution is 6.33. The number of hydrogen-bond acceptors (Lipinski definition) is 3. The zero-order valence-electron chi connectivity index (χ0n) is 15.9. The first kappa shape index (κ1) is 19.7. The molecular formula is C22H21ClN2O3. The van der Waals surface area contributed by atoms with Crippen molar-refractivity contribution < 1.29 is 14.6 Å². The van der Waals surface area contributed by atoms with E-state index in [0.717, 1.165) is 34.0 Å². The first-order valence-corrected chi connectivity index (χ1v) is 9.13. The Morgan fingerprint density at radius 3 is 2.50 bits per heavy atom. The van der Waals surface area contributed by atoms with Crippen LogP contribution in [0.1, 0.15) is 32.9 Å². The summed E-state index contributed by atoms with van der Waals surface area (Å²) < 4.78 is 7.20. The van der Waals surface area contributed by atoms with Gasteiger partial charge in [0.05, 0.1) is 24.2 Å². The van der Waals surface area contributed by atoms with E-state index in [4.69, 9.17) is 21.4 Å². The Morgan fingerprint density at radius 2 is 1.89 bits per heavy atom. The van der Waals surface area contributed by atoms with Crippen molar-refractivity contribution >= 4 is 23.8 Å². The van der Waals surface area contributed by atoms with Crippen LogP contribution >= 0.6 is 11.6 Å². The van der Waals surface area contributed by atoms with E-state index in [1.807, 2.05) is 55.0 Å². The highest BCUT2D eigenvalue weighted by Crippen LogP contribution is 2.25. The fourth-order valence-corrected chi connectivity index (χ4v) is 3.37. The van der Waals surface area contributed by atoms with E-state index in [2.05, 4.69) is 4.99 Å². The third-order valence-electron chi connectivity index (χ3n) is 4.57. The van der Waals surface area contributed by atoms with Crippen LogP contribution in [0, 0.1) is 13.8 Å². The van der Waals surface area contributed by atoms with Crippen molar-refractivity contribution in [1.82, 2.24) is 4.57 Å². The van der Waals surface area contributed by atoms with Gasteiger partial charge < -0.3 is 14.4 Å². The number of aryl methyl sites for hydroxylation is 1. The van der Waals surface area contributed by atoms with E-state index in [1.165, 1.54) is 6.07 Å². The number of carboxylic acids is 1. The second-order valence-electron chi connectivity index (χ2n) is 6.45. The zero-order valence-corrected chi connectivity index (χ0v) is 16.7. The molecule has 0 aliphatic heterocycles. The summed E-state index contributed by atoms with van der Waals surface area (Å²) in [7, 11) is 1.64. The van der Waals surface area contributed by atoms with E-state index < -0.39 is 5.97 Å². The molecule has 6 heteroatoms. The Morgan fingerprint density at radius 1 is 1.18 bits per heavy atom. The molecule has 0 fully saturated rings. The van der Waals surface area contributed by atoms with Gasteiger partial charge >= 0.3 is 5.97 Å². The standard InChI is InChI=1S/C22H21ClN2O3/c1-14-10-17(13-24-12-16-4-7-19(28-3)8-5-16)15(2)25(14)18-6-9-20(22(26)27)21(23)11-18/h4-11,13H,12H2,1-3H3,(H,26,27). The molecule has 0 atom stereocenters. The maximum atomic E-state index is 11.2. The van der Waals surface area contributed by atoms with Gasteiger partial charge in [-0.05, 0) is 55.8 Å². The molecule has 2 aromatic carbocycles. The topological polar surface area (TPSA) is 63.8 Å². The lowest BCUT2D eigenvalue weighted by molar-refractivity contribution is 0.0697. The molecule has 0 aliphatic carbocycles. The molecule has 1 N–H and O–H groups in total. The maximum Gasteiger partial charge on any atom is 0.337 e. The summed E-state index contributed by atoms with van der Waals surface area (Å²) in [6, 6.07) is 14.8. The van der Waals surface area contributed by atoms with Crippen molar-refractivity contribution in [1.29, 1.82) is 0 Å². The first-order valence-electron chi connectivity index (χ1n) is 8.75. The molecule has 0 bridgehead atoms. The molecule has 3 aromatic rings. The summed E-state index contributed by atoms with van der Waals surface area (Å²) in [5, 5.41) is 9.36. The summed E-state index contributed by atoms with van der Waals surface area (Å²) in [6.45, 7) is 4.57. The smallest absolute Gasteiger partial charge is 0.337 e. The van der Waals surface area contributed by atoms with Crippen LogP contribution in [-0.4, -0.2) is 29.0 Å². The van der Waals surface area contributed by atoms with E-state index >= 15 is 0 Å². The predicted octanol–water partition coefficient (Wildman–Crippen LogP) is 5.07. The van der Waals surface area contributed by atoms with Crippen molar-refractivity contribution in [3.8, 4) is 11.4 Å². The Kier molecular flexibility index (Phi) is 5.85. The van der Waals surface area contributed by atoms with Crippen LogP contribution < -0.4 is 4.74 Å². The minimum Gasteiger partial charge on any atom is -0.497 e. The summed E-state index contributed by atoms with van der Waals surface area (Å²) in [5.41, 5.74) is 5.04. The van der Waals surface area contributed by atoms with Gasteiger partial charge in [0.15, 0.2) is 0 Å². The van der Waals surface area contributed by atoms with Gasteiger partial charge in [0.2, 0.25) is 0 Å². The summed E-state index contributed by atoms with van der Waals surface area (Å²) >= 11 is 6.13. The van der Waals surface area contributed by atoms with Gasteiger partial charge in [0.1, 0.15) is 5.75 Å². The molecule has 28 heavy (non-hydrogen) atoms. The number of aliphatic imine (C=N–C) groups is 1. The van der Waals surface area contributed by atoms with Crippen LogP contribution in [0.5, 0.6) is 5.75 Å². The highest BCUT2D eigenvalue weighted by Gasteiger charge is 2.13. The molecule has 0 amide bonds. The molecule has 1 heterocycles. The van der Waals surface area contributed by atoms with E-state index in [0.29, 0.717) is 6.54 Å². The summed E-state index contributed by atoms with van der Waals surface area (Å²) in [4.78, 5) is 15.7. The zero-order chi connectivity index (χ0) is 20.3. The summed E-state index contributed by atoms with van der Waals surface area (Å²) in [5.74, 6) is -0.215. The first-order chi connectivity index (χ1) is 13.4. The molecular weight excluding hydrogens is 376 g/mol. The van der Waals surface area contributed by atoms with Crippen molar-refractivity contribution in [3.63, 3.8) is 0 Å². The van der Waals surface area contributed by atoms with Gasteiger partial charge in [-0.2, -0.15) is 0 Å².